The molecule has 2 aliphatic rings. The van der Waals surface area contributed by atoms with E-state index < -0.39 is 0 Å². The lowest BCUT2D eigenvalue weighted by molar-refractivity contribution is -0.131. The predicted molar refractivity (Wildman–Crippen MR) is 108 cm³/mol. The van der Waals surface area contributed by atoms with Crippen molar-refractivity contribution in [1.29, 1.82) is 0 Å². The van der Waals surface area contributed by atoms with Crippen molar-refractivity contribution >= 4 is 5.97 Å². The van der Waals surface area contributed by atoms with Gasteiger partial charge >= 0.3 is 5.97 Å². The summed E-state index contributed by atoms with van der Waals surface area (Å²) in [6.07, 6.45) is 3.34. The summed E-state index contributed by atoms with van der Waals surface area (Å²) in [5.41, 5.74) is 4.37. The van der Waals surface area contributed by atoms with E-state index in [9.17, 15) is 4.79 Å². The molecule has 142 valence electrons. The van der Waals surface area contributed by atoms with Crippen LogP contribution in [-0.4, -0.2) is 30.0 Å². The lowest BCUT2D eigenvalue weighted by atomic mass is 9.59. The maximum atomic E-state index is 11.3. The average molecular weight is 364 g/mol. The summed E-state index contributed by atoms with van der Waals surface area (Å²) >= 11 is 0. The molecule has 2 aromatic carbocycles. The quantitative estimate of drug-likeness (QED) is 0.596. The fraction of sp³-hybridized carbons (Fsp3) is 0.458. The Balaban J connectivity index is 1.56. The van der Waals surface area contributed by atoms with Crippen molar-refractivity contribution in [2.75, 3.05) is 13.1 Å². The topological polar surface area (TPSA) is 29.5 Å². The summed E-state index contributed by atoms with van der Waals surface area (Å²) in [5.74, 6) is 1.01. The van der Waals surface area contributed by atoms with Crippen LogP contribution in [-0.2, 0) is 23.1 Å². The van der Waals surface area contributed by atoms with Crippen molar-refractivity contribution in [1.82, 2.24) is 4.90 Å². The normalized spacial score (nSPS) is 27.1. The highest BCUT2D eigenvalue weighted by molar-refractivity contribution is 5.69. The number of hydrogen-bond acceptors (Lipinski definition) is 3. The Morgan fingerprint density at radius 1 is 1.22 bits per heavy atom. The molecule has 1 heterocycles. The highest BCUT2D eigenvalue weighted by Gasteiger charge is 2.48. The van der Waals surface area contributed by atoms with Crippen LogP contribution >= 0.6 is 0 Å². The highest BCUT2D eigenvalue weighted by atomic mass is 16.5. The van der Waals surface area contributed by atoms with E-state index in [4.69, 9.17) is 4.74 Å². The molecular weight excluding hydrogens is 334 g/mol. The van der Waals surface area contributed by atoms with Crippen molar-refractivity contribution in [3.8, 4) is 5.75 Å². The number of fused-ring (bicyclic) bond motifs is 4. The monoisotopic (exact) mass is 363 g/mol. The van der Waals surface area contributed by atoms with E-state index in [1.165, 1.54) is 23.6 Å². The summed E-state index contributed by atoms with van der Waals surface area (Å²) in [6, 6.07) is 17.6. The minimum atomic E-state index is -0.252. The van der Waals surface area contributed by atoms with Gasteiger partial charge in [0.15, 0.2) is 0 Å². The summed E-state index contributed by atoms with van der Waals surface area (Å²) in [7, 11) is 0. The molecule has 3 heteroatoms. The van der Waals surface area contributed by atoms with Gasteiger partial charge < -0.3 is 4.74 Å². The van der Waals surface area contributed by atoms with E-state index in [1.807, 2.05) is 6.07 Å². The van der Waals surface area contributed by atoms with Crippen LogP contribution in [0.25, 0.3) is 0 Å². The molecule has 0 spiro atoms. The first kappa shape index (κ1) is 18.2. The fourth-order valence-corrected chi connectivity index (χ4v) is 5.11. The van der Waals surface area contributed by atoms with Gasteiger partial charge in [0, 0.05) is 19.5 Å². The van der Waals surface area contributed by atoms with Crippen molar-refractivity contribution in [3.63, 3.8) is 0 Å². The number of carbonyl (C=O) groups excluding carboxylic acids is 1. The molecule has 2 bridgehead atoms. The molecule has 1 aliphatic carbocycles. The van der Waals surface area contributed by atoms with Gasteiger partial charge in [0.05, 0.1) is 0 Å². The molecule has 0 aromatic heterocycles. The zero-order valence-electron chi connectivity index (χ0n) is 16.6. The lowest BCUT2D eigenvalue weighted by Gasteiger charge is -2.54. The van der Waals surface area contributed by atoms with Crippen LogP contribution < -0.4 is 4.74 Å². The van der Waals surface area contributed by atoms with Gasteiger partial charge in [-0.2, -0.15) is 0 Å². The minimum absolute atomic E-state index is 0.150. The van der Waals surface area contributed by atoms with E-state index >= 15 is 0 Å². The van der Waals surface area contributed by atoms with E-state index in [0.29, 0.717) is 17.7 Å². The first-order valence-corrected chi connectivity index (χ1v) is 10.1. The van der Waals surface area contributed by atoms with E-state index in [-0.39, 0.29) is 11.4 Å². The first-order chi connectivity index (χ1) is 13.0. The van der Waals surface area contributed by atoms with Gasteiger partial charge in [-0.3, -0.25) is 9.69 Å². The maximum absolute atomic E-state index is 11.3. The molecule has 1 fully saturated rings. The molecule has 1 aliphatic heterocycles. The van der Waals surface area contributed by atoms with E-state index in [2.05, 4.69) is 61.2 Å². The summed E-state index contributed by atoms with van der Waals surface area (Å²) in [5, 5.41) is 0. The number of benzene rings is 2. The van der Waals surface area contributed by atoms with Crippen LogP contribution in [0.1, 0.15) is 43.9 Å². The van der Waals surface area contributed by atoms with Crippen LogP contribution in [0.3, 0.4) is 0 Å². The third kappa shape index (κ3) is 3.41. The lowest BCUT2D eigenvalue weighted by Crippen LogP contribution is -2.58. The molecule has 4 rings (SSSR count). The smallest absolute Gasteiger partial charge is 0.308 e. The summed E-state index contributed by atoms with van der Waals surface area (Å²) in [4.78, 5) is 14.0. The Morgan fingerprint density at radius 2 is 2.00 bits per heavy atom. The molecule has 2 aromatic rings. The van der Waals surface area contributed by atoms with Crippen molar-refractivity contribution in [3.05, 3.63) is 65.2 Å². The van der Waals surface area contributed by atoms with Crippen LogP contribution in [0.4, 0.5) is 0 Å². The first-order valence-electron chi connectivity index (χ1n) is 10.1. The van der Waals surface area contributed by atoms with Gasteiger partial charge in [-0.1, -0.05) is 50.2 Å². The molecule has 0 amide bonds. The molecule has 0 unspecified atom stereocenters. The molecule has 1 saturated heterocycles. The minimum Gasteiger partial charge on any atom is -0.427 e. The number of hydrogen-bond donors (Lipinski definition) is 0. The molecule has 3 atom stereocenters. The number of carbonyl (C=O) groups is 1. The Hall–Kier alpha value is -2.13. The Kier molecular flexibility index (Phi) is 4.81. The Labute approximate surface area is 162 Å². The summed E-state index contributed by atoms with van der Waals surface area (Å²) in [6.45, 7) is 8.52. The SMILES string of the molecule is CC(=O)Oc1ccc2c(c1)[C@]1(C)CCN(CCc3ccccc3)[C@@H](C2)[C@@H]1C. The Morgan fingerprint density at radius 3 is 2.74 bits per heavy atom. The van der Waals surface area contributed by atoms with Crippen molar-refractivity contribution in [2.45, 2.75) is 51.5 Å². The molecular formula is C24H29NO2. The zero-order valence-corrected chi connectivity index (χ0v) is 16.6. The van der Waals surface area contributed by atoms with Gasteiger partial charge in [0.25, 0.3) is 0 Å². The standard InChI is InChI=1S/C24H29NO2/c1-17-23-15-20-9-10-21(27-18(2)26)16-22(20)24(17,3)12-14-25(23)13-11-19-7-5-4-6-8-19/h4-10,16-17,23H,11-15H2,1-3H3/t17-,23-,24+/m0/s1. The Bertz CT molecular complexity index is 832. The van der Waals surface area contributed by atoms with Crippen molar-refractivity contribution < 1.29 is 9.53 Å². The van der Waals surface area contributed by atoms with Crippen LogP contribution in [0, 0.1) is 5.92 Å². The number of rotatable bonds is 4. The third-order valence-corrected chi connectivity index (χ3v) is 6.89. The molecule has 3 nitrogen and oxygen atoms in total. The number of piperidine rings is 1. The van der Waals surface area contributed by atoms with E-state index in [0.717, 1.165) is 32.4 Å². The van der Waals surface area contributed by atoms with Crippen LogP contribution in [0.15, 0.2) is 48.5 Å². The number of likely N-dealkylation sites (tertiary alicyclic amines) is 1. The van der Waals surface area contributed by atoms with Gasteiger partial charge in [0.2, 0.25) is 0 Å². The van der Waals surface area contributed by atoms with Gasteiger partial charge in [-0.25, -0.2) is 0 Å². The molecule has 0 radical (unpaired) electrons. The average Bonchev–Trinajstić information content (AvgIpc) is 2.65. The second kappa shape index (κ2) is 7.12. The highest BCUT2D eigenvalue weighted by Crippen LogP contribution is 2.49. The number of nitrogens with zero attached hydrogens (tertiary/aromatic N) is 1. The molecule has 27 heavy (non-hydrogen) atoms. The third-order valence-electron chi connectivity index (χ3n) is 6.89. The van der Waals surface area contributed by atoms with Crippen LogP contribution in [0.5, 0.6) is 5.75 Å². The van der Waals surface area contributed by atoms with Crippen LogP contribution in [0.2, 0.25) is 0 Å². The van der Waals surface area contributed by atoms with Gasteiger partial charge in [-0.15, -0.1) is 0 Å². The van der Waals surface area contributed by atoms with Gasteiger partial charge in [-0.05, 0) is 66.0 Å². The fourth-order valence-electron chi connectivity index (χ4n) is 5.11. The van der Waals surface area contributed by atoms with Gasteiger partial charge in [0.1, 0.15) is 5.75 Å². The number of ether oxygens (including phenoxy) is 1. The van der Waals surface area contributed by atoms with Crippen molar-refractivity contribution in [2.24, 2.45) is 5.92 Å². The second-order valence-electron chi connectivity index (χ2n) is 8.41. The number of esters is 1. The van der Waals surface area contributed by atoms with E-state index in [1.54, 1.807) is 0 Å². The zero-order chi connectivity index (χ0) is 19.0. The largest absolute Gasteiger partial charge is 0.427 e. The molecule has 0 N–H and O–H groups in total. The maximum Gasteiger partial charge on any atom is 0.308 e. The summed E-state index contributed by atoms with van der Waals surface area (Å²) < 4.78 is 5.36. The predicted octanol–water partition coefficient (Wildman–Crippen LogP) is 4.38. The molecule has 0 saturated carbocycles. The second-order valence-corrected chi connectivity index (χ2v) is 8.41.